The fourth-order valence-corrected chi connectivity index (χ4v) is 4.39. The minimum Gasteiger partial charge on any atom is -0.496 e. The highest BCUT2D eigenvalue weighted by Gasteiger charge is 2.36. The average Bonchev–Trinajstić information content (AvgIpc) is 2.91. The van der Waals surface area contributed by atoms with Crippen LogP contribution >= 0.6 is 0 Å². The first-order valence-corrected chi connectivity index (χ1v) is 12.4. The smallest absolute Gasteiger partial charge is 0.338 e. The Hall–Kier alpha value is -4.26. The maximum Gasteiger partial charge on any atom is 0.338 e. The van der Waals surface area contributed by atoms with Crippen LogP contribution in [0.15, 0.2) is 72.3 Å². The van der Waals surface area contributed by atoms with Crippen molar-refractivity contribution in [3.63, 3.8) is 0 Å². The predicted molar refractivity (Wildman–Crippen MR) is 143 cm³/mol. The van der Waals surface area contributed by atoms with E-state index in [1.54, 1.807) is 38.5 Å². The molecule has 7 heteroatoms. The summed E-state index contributed by atoms with van der Waals surface area (Å²) in [6.45, 7) is 5.32. The molecule has 198 valence electrons. The summed E-state index contributed by atoms with van der Waals surface area (Å²) in [7, 11) is 3.17. The number of fused-ring (bicyclic) bond motifs is 1. The molecule has 7 nitrogen and oxygen atoms in total. The highest BCUT2D eigenvalue weighted by Crippen LogP contribution is 2.43. The van der Waals surface area contributed by atoms with Gasteiger partial charge in [-0.1, -0.05) is 42.0 Å². The summed E-state index contributed by atoms with van der Waals surface area (Å²) in [5.41, 5.74) is 3.87. The van der Waals surface area contributed by atoms with Gasteiger partial charge >= 0.3 is 11.9 Å². The molecule has 0 aliphatic carbocycles. The van der Waals surface area contributed by atoms with Crippen LogP contribution in [0.2, 0.25) is 0 Å². The van der Waals surface area contributed by atoms with Crippen LogP contribution in [-0.2, 0) is 22.4 Å². The number of ether oxygens (including phenoxy) is 5. The first-order chi connectivity index (χ1) is 18.3. The van der Waals surface area contributed by atoms with Crippen LogP contribution in [0.5, 0.6) is 23.0 Å². The number of hydrogen-bond acceptors (Lipinski definition) is 7. The van der Waals surface area contributed by atoms with Crippen molar-refractivity contribution < 1.29 is 33.3 Å². The van der Waals surface area contributed by atoms with E-state index >= 15 is 0 Å². The van der Waals surface area contributed by atoms with Gasteiger partial charge in [-0.25, -0.2) is 4.79 Å². The lowest BCUT2D eigenvalue weighted by Gasteiger charge is -2.34. The van der Waals surface area contributed by atoms with E-state index in [1.165, 1.54) is 6.92 Å². The summed E-state index contributed by atoms with van der Waals surface area (Å²) in [6, 6.07) is 18.2. The molecule has 0 saturated heterocycles. The van der Waals surface area contributed by atoms with E-state index in [0.29, 0.717) is 41.4 Å². The summed E-state index contributed by atoms with van der Waals surface area (Å²) in [4.78, 5) is 25.0. The zero-order valence-electron chi connectivity index (χ0n) is 22.3. The number of rotatable bonds is 8. The van der Waals surface area contributed by atoms with Crippen molar-refractivity contribution in [1.82, 2.24) is 0 Å². The zero-order chi connectivity index (χ0) is 27.2. The van der Waals surface area contributed by atoms with Gasteiger partial charge < -0.3 is 23.7 Å². The van der Waals surface area contributed by atoms with Crippen molar-refractivity contribution in [1.29, 1.82) is 0 Å². The summed E-state index contributed by atoms with van der Waals surface area (Å²) in [5, 5.41) is 0. The molecule has 0 saturated carbocycles. The molecule has 0 bridgehead atoms. The molecule has 38 heavy (non-hydrogen) atoms. The lowest BCUT2D eigenvalue weighted by atomic mass is 9.93. The highest BCUT2D eigenvalue weighted by molar-refractivity contribution is 5.90. The first kappa shape index (κ1) is 26.8. The maximum absolute atomic E-state index is 13.4. The Morgan fingerprint density at radius 1 is 0.947 bits per heavy atom. The molecule has 3 aromatic carbocycles. The zero-order valence-corrected chi connectivity index (χ0v) is 22.3. The average molecular weight is 517 g/mol. The SMILES string of the molecule is COc1cc(OC)c2c(c1)OC(c1ccccc1)[C@H](OC(=O)c1ccc(OC(C)=O)c(CC=C(C)C)c1)C2. The normalized spacial score (nSPS) is 15.9. The molecule has 3 aromatic rings. The van der Waals surface area contributed by atoms with Gasteiger partial charge in [-0.3, -0.25) is 4.79 Å². The van der Waals surface area contributed by atoms with Gasteiger partial charge in [-0.15, -0.1) is 0 Å². The van der Waals surface area contributed by atoms with E-state index in [1.807, 2.05) is 56.3 Å². The van der Waals surface area contributed by atoms with Crippen LogP contribution in [0, 0.1) is 0 Å². The van der Waals surface area contributed by atoms with E-state index in [4.69, 9.17) is 23.7 Å². The van der Waals surface area contributed by atoms with Crippen LogP contribution in [0.1, 0.15) is 53.9 Å². The molecule has 0 amide bonds. The third kappa shape index (κ3) is 6.17. The van der Waals surface area contributed by atoms with Crippen molar-refractivity contribution in [2.45, 2.75) is 45.8 Å². The number of methoxy groups -OCH3 is 2. The summed E-state index contributed by atoms with van der Waals surface area (Å²) < 4.78 is 28.8. The van der Waals surface area contributed by atoms with E-state index in [9.17, 15) is 9.59 Å². The molecule has 0 spiro atoms. The van der Waals surface area contributed by atoms with Gasteiger partial charge in [-0.2, -0.15) is 0 Å². The first-order valence-electron chi connectivity index (χ1n) is 12.4. The molecule has 1 aliphatic rings. The fraction of sp³-hybridized carbons (Fsp3) is 0.290. The second-order valence-electron chi connectivity index (χ2n) is 9.31. The van der Waals surface area contributed by atoms with Crippen molar-refractivity contribution in [2.75, 3.05) is 14.2 Å². The van der Waals surface area contributed by atoms with Crippen LogP contribution in [0.25, 0.3) is 0 Å². The van der Waals surface area contributed by atoms with Crippen LogP contribution in [0.4, 0.5) is 0 Å². The largest absolute Gasteiger partial charge is 0.496 e. The van der Waals surface area contributed by atoms with E-state index in [2.05, 4.69) is 0 Å². The van der Waals surface area contributed by atoms with Crippen molar-refractivity contribution in [2.24, 2.45) is 0 Å². The summed E-state index contributed by atoms with van der Waals surface area (Å²) >= 11 is 0. The summed E-state index contributed by atoms with van der Waals surface area (Å²) in [5.74, 6) is 1.33. The van der Waals surface area contributed by atoms with Crippen molar-refractivity contribution in [3.05, 3.63) is 94.6 Å². The lowest BCUT2D eigenvalue weighted by molar-refractivity contribution is -0.131. The van der Waals surface area contributed by atoms with Gasteiger partial charge in [-0.05, 0) is 49.6 Å². The molecule has 0 radical (unpaired) electrons. The van der Waals surface area contributed by atoms with Crippen LogP contribution < -0.4 is 18.9 Å². The Morgan fingerprint density at radius 3 is 2.37 bits per heavy atom. The van der Waals surface area contributed by atoms with Crippen LogP contribution in [-0.4, -0.2) is 32.3 Å². The van der Waals surface area contributed by atoms with Gasteiger partial charge in [0.15, 0.2) is 6.10 Å². The second-order valence-corrected chi connectivity index (χ2v) is 9.31. The topological polar surface area (TPSA) is 80.3 Å². The Morgan fingerprint density at radius 2 is 1.71 bits per heavy atom. The summed E-state index contributed by atoms with van der Waals surface area (Å²) in [6.07, 6.45) is 1.76. The number of carbonyl (C=O) groups is 2. The number of esters is 2. The molecular formula is C31H32O7. The maximum atomic E-state index is 13.4. The Bertz CT molecular complexity index is 1340. The van der Waals surface area contributed by atoms with Gasteiger partial charge in [0, 0.05) is 31.0 Å². The monoisotopic (exact) mass is 516 g/mol. The number of hydrogen-bond donors (Lipinski definition) is 0. The van der Waals surface area contributed by atoms with Crippen LogP contribution in [0.3, 0.4) is 0 Å². The molecule has 1 aliphatic heterocycles. The Labute approximate surface area is 222 Å². The minimum atomic E-state index is -0.617. The third-order valence-electron chi connectivity index (χ3n) is 6.26. The van der Waals surface area contributed by atoms with Gasteiger partial charge in [0.1, 0.15) is 29.1 Å². The van der Waals surface area contributed by atoms with Crippen molar-refractivity contribution >= 4 is 11.9 Å². The predicted octanol–water partition coefficient (Wildman–Crippen LogP) is 6.04. The molecule has 4 rings (SSSR count). The van der Waals surface area contributed by atoms with Crippen molar-refractivity contribution in [3.8, 4) is 23.0 Å². The third-order valence-corrected chi connectivity index (χ3v) is 6.26. The molecule has 1 unspecified atom stereocenters. The molecule has 0 N–H and O–H groups in total. The quantitative estimate of drug-likeness (QED) is 0.205. The fourth-order valence-electron chi connectivity index (χ4n) is 4.39. The minimum absolute atomic E-state index is 0.359. The van der Waals surface area contributed by atoms with E-state index in [-0.39, 0.29) is 0 Å². The van der Waals surface area contributed by atoms with Gasteiger partial charge in [0.05, 0.1) is 19.8 Å². The molecule has 0 aromatic heterocycles. The van der Waals surface area contributed by atoms with E-state index in [0.717, 1.165) is 22.3 Å². The van der Waals surface area contributed by atoms with Gasteiger partial charge in [0.25, 0.3) is 0 Å². The number of benzene rings is 3. The molecular weight excluding hydrogens is 484 g/mol. The Kier molecular flexibility index (Phi) is 8.36. The molecule has 0 fully saturated rings. The van der Waals surface area contributed by atoms with Gasteiger partial charge in [0.2, 0.25) is 0 Å². The highest BCUT2D eigenvalue weighted by atomic mass is 16.6. The standard InChI is InChI=1S/C31H32O7/c1-19(2)11-12-22-15-23(13-14-26(22)36-20(3)32)31(33)38-29-18-25-27(35-5)16-24(34-4)17-28(25)37-30(29)21-9-7-6-8-10-21/h6-11,13-17,29-30H,12,18H2,1-5H3/t29-,30?/m1/s1. The van der Waals surface area contributed by atoms with E-state index < -0.39 is 24.1 Å². The molecule has 2 atom stereocenters. The number of allylic oxidation sites excluding steroid dienone is 2. The Balaban J connectivity index is 1.67. The second kappa shape index (κ2) is 11.9. The molecule has 1 heterocycles. The number of carbonyl (C=O) groups excluding carboxylic acids is 2. The lowest BCUT2D eigenvalue weighted by Crippen LogP contribution is -2.35.